The highest BCUT2D eigenvalue weighted by molar-refractivity contribution is 5.67. The Morgan fingerprint density at radius 1 is 1.12 bits per heavy atom. The van der Waals surface area contributed by atoms with Crippen molar-refractivity contribution < 1.29 is 26.3 Å². The quantitative estimate of drug-likeness (QED) is 0.709. The van der Waals surface area contributed by atoms with Crippen LogP contribution in [0.3, 0.4) is 0 Å². The van der Waals surface area contributed by atoms with Gasteiger partial charge >= 0.3 is 12.4 Å². The van der Waals surface area contributed by atoms with E-state index in [9.17, 15) is 26.3 Å². The molecule has 6 nitrogen and oxygen atoms in total. The van der Waals surface area contributed by atoms with E-state index in [1.165, 1.54) is 12.3 Å². The molecule has 136 valence electrons. The maximum Gasteiger partial charge on any atom is 0.430 e. The summed E-state index contributed by atoms with van der Waals surface area (Å²) in [5, 5.41) is 12.8. The maximum atomic E-state index is 13.1. The Morgan fingerprint density at radius 2 is 1.85 bits per heavy atom. The molecule has 0 spiro atoms. The molecular formula is C14H8F6N6. The third kappa shape index (κ3) is 3.30. The minimum absolute atomic E-state index is 0.0148. The van der Waals surface area contributed by atoms with Crippen molar-refractivity contribution in [2.45, 2.75) is 12.4 Å². The molecule has 0 aromatic carbocycles. The number of allylic oxidation sites excluding steroid dienone is 1. The first-order valence-corrected chi connectivity index (χ1v) is 6.84. The van der Waals surface area contributed by atoms with Crippen LogP contribution in [0.4, 0.5) is 32.3 Å². The SMILES string of the molecule is C=C(Nc1nnc2cc(-c3ncccc3C(F)(F)F)cnn12)C(F)(F)F. The summed E-state index contributed by atoms with van der Waals surface area (Å²) in [7, 11) is 0. The van der Waals surface area contributed by atoms with Gasteiger partial charge in [-0.3, -0.25) is 4.98 Å². The monoisotopic (exact) mass is 374 g/mol. The van der Waals surface area contributed by atoms with Crippen molar-refractivity contribution in [3.63, 3.8) is 0 Å². The number of hydrogen-bond acceptors (Lipinski definition) is 5. The number of alkyl halides is 6. The lowest BCUT2D eigenvalue weighted by Gasteiger charge is -2.12. The zero-order valence-corrected chi connectivity index (χ0v) is 12.6. The van der Waals surface area contributed by atoms with Crippen molar-refractivity contribution in [1.29, 1.82) is 0 Å². The molecule has 3 aromatic heterocycles. The third-order valence-electron chi connectivity index (χ3n) is 3.25. The highest BCUT2D eigenvalue weighted by Gasteiger charge is 2.35. The van der Waals surface area contributed by atoms with Crippen molar-refractivity contribution in [2.24, 2.45) is 0 Å². The van der Waals surface area contributed by atoms with Gasteiger partial charge in [-0.1, -0.05) is 6.58 Å². The molecule has 0 bridgehead atoms. The van der Waals surface area contributed by atoms with Crippen LogP contribution in [0.25, 0.3) is 16.9 Å². The first kappa shape index (κ1) is 17.6. The fraction of sp³-hybridized carbons (Fsp3) is 0.143. The third-order valence-corrected chi connectivity index (χ3v) is 3.25. The van der Waals surface area contributed by atoms with Gasteiger partial charge in [0.1, 0.15) is 5.70 Å². The topological polar surface area (TPSA) is 68.0 Å². The number of anilines is 1. The average Bonchev–Trinajstić information content (AvgIpc) is 2.95. The largest absolute Gasteiger partial charge is 0.430 e. The lowest BCUT2D eigenvalue weighted by atomic mass is 10.1. The van der Waals surface area contributed by atoms with E-state index in [4.69, 9.17) is 0 Å². The van der Waals surface area contributed by atoms with E-state index in [2.05, 4.69) is 26.9 Å². The van der Waals surface area contributed by atoms with Gasteiger partial charge in [-0.2, -0.15) is 36.0 Å². The first-order chi connectivity index (χ1) is 12.1. The van der Waals surface area contributed by atoms with Gasteiger partial charge in [-0.15, -0.1) is 10.2 Å². The number of nitrogens with one attached hydrogen (secondary N) is 1. The minimum Gasteiger partial charge on any atom is -0.319 e. The van der Waals surface area contributed by atoms with Crippen molar-refractivity contribution in [3.8, 4) is 11.3 Å². The lowest BCUT2D eigenvalue weighted by molar-refractivity contribution is -0.137. The summed E-state index contributed by atoms with van der Waals surface area (Å²) < 4.78 is 77.7. The predicted octanol–water partition coefficient (Wildman–Crippen LogP) is 3.69. The number of hydrogen-bond donors (Lipinski definition) is 1. The summed E-state index contributed by atoms with van der Waals surface area (Å²) in [4.78, 5) is 3.71. The van der Waals surface area contributed by atoms with Crippen LogP contribution in [0.1, 0.15) is 5.56 Å². The number of fused-ring (bicyclic) bond motifs is 1. The first-order valence-electron chi connectivity index (χ1n) is 6.84. The molecular weight excluding hydrogens is 366 g/mol. The summed E-state index contributed by atoms with van der Waals surface area (Å²) in [6, 6.07) is 3.18. The molecule has 0 aliphatic carbocycles. The second kappa shape index (κ2) is 5.97. The Labute approximate surface area is 141 Å². The summed E-state index contributed by atoms with van der Waals surface area (Å²) >= 11 is 0. The molecule has 0 saturated carbocycles. The number of nitrogens with zero attached hydrogens (tertiary/aromatic N) is 5. The van der Waals surface area contributed by atoms with Crippen LogP contribution >= 0.6 is 0 Å². The molecule has 26 heavy (non-hydrogen) atoms. The average molecular weight is 374 g/mol. The normalized spacial score (nSPS) is 12.4. The van der Waals surface area contributed by atoms with Crippen LogP contribution in [-0.4, -0.2) is 31.0 Å². The number of pyridine rings is 1. The van der Waals surface area contributed by atoms with E-state index in [0.717, 1.165) is 22.8 Å². The van der Waals surface area contributed by atoms with E-state index < -0.39 is 23.6 Å². The fourth-order valence-electron chi connectivity index (χ4n) is 2.07. The van der Waals surface area contributed by atoms with E-state index in [1.807, 2.05) is 5.32 Å². The zero-order chi connectivity index (χ0) is 19.1. The summed E-state index contributed by atoms with van der Waals surface area (Å²) in [5.41, 5.74) is -2.73. The van der Waals surface area contributed by atoms with Crippen molar-refractivity contribution >= 4 is 11.6 Å². The molecule has 0 aliphatic heterocycles. The Bertz CT molecular complexity index is 974. The molecule has 0 atom stereocenters. The fourth-order valence-corrected chi connectivity index (χ4v) is 2.07. The Hall–Kier alpha value is -3.18. The van der Waals surface area contributed by atoms with Gasteiger partial charge < -0.3 is 5.32 Å². The van der Waals surface area contributed by atoms with Gasteiger partial charge in [0.2, 0.25) is 5.95 Å². The van der Waals surface area contributed by atoms with Gasteiger partial charge in [-0.05, 0) is 18.2 Å². The molecule has 0 unspecified atom stereocenters. The van der Waals surface area contributed by atoms with Crippen molar-refractivity contribution in [1.82, 2.24) is 24.8 Å². The van der Waals surface area contributed by atoms with E-state index in [0.29, 0.717) is 0 Å². The van der Waals surface area contributed by atoms with E-state index in [-0.39, 0.29) is 22.9 Å². The minimum atomic E-state index is -4.71. The summed E-state index contributed by atoms with van der Waals surface area (Å²) in [5.74, 6) is -0.383. The zero-order valence-electron chi connectivity index (χ0n) is 12.6. The van der Waals surface area contributed by atoms with Crippen LogP contribution < -0.4 is 5.32 Å². The van der Waals surface area contributed by atoms with Crippen molar-refractivity contribution in [3.05, 3.63) is 48.4 Å². The molecule has 0 aliphatic rings. The standard InChI is InChI=1S/C14H8F6N6/c1-7(13(15,16)17)23-12-25-24-10-5-8(6-22-26(10)12)11-9(14(18,19)20)3-2-4-21-11/h2-6H,1H2,(H,23,25). The number of rotatable bonds is 3. The number of halogens is 6. The highest BCUT2D eigenvalue weighted by Crippen LogP contribution is 2.35. The Kier molecular flexibility index (Phi) is 4.05. The number of aromatic nitrogens is 5. The summed E-state index contributed by atoms with van der Waals surface area (Å²) in [6.07, 6.45) is -7.14. The smallest absolute Gasteiger partial charge is 0.319 e. The highest BCUT2D eigenvalue weighted by atomic mass is 19.4. The Balaban J connectivity index is 2.02. The van der Waals surface area contributed by atoms with Crippen molar-refractivity contribution in [2.75, 3.05) is 5.32 Å². The molecule has 3 aromatic rings. The molecule has 3 rings (SSSR count). The van der Waals surface area contributed by atoms with Gasteiger partial charge in [0.15, 0.2) is 5.65 Å². The lowest BCUT2D eigenvalue weighted by Crippen LogP contribution is -2.19. The molecule has 0 saturated heterocycles. The second-order valence-corrected chi connectivity index (χ2v) is 5.04. The van der Waals surface area contributed by atoms with Crippen LogP contribution in [0.2, 0.25) is 0 Å². The maximum absolute atomic E-state index is 13.1. The predicted molar refractivity (Wildman–Crippen MR) is 77.8 cm³/mol. The molecule has 0 amide bonds. The van der Waals surface area contributed by atoms with Crippen LogP contribution in [-0.2, 0) is 6.18 Å². The molecule has 0 fully saturated rings. The van der Waals surface area contributed by atoms with Crippen LogP contribution in [0.5, 0.6) is 0 Å². The van der Waals surface area contributed by atoms with Crippen LogP contribution in [0, 0.1) is 0 Å². The molecule has 1 N–H and O–H groups in total. The second-order valence-electron chi connectivity index (χ2n) is 5.04. The molecule has 12 heteroatoms. The van der Waals surface area contributed by atoms with Gasteiger partial charge in [0.25, 0.3) is 0 Å². The van der Waals surface area contributed by atoms with Gasteiger partial charge in [0, 0.05) is 11.8 Å². The molecule has 0 radical (unpaired) electrons. The molecule has 3 heterocycles. The summed E-state index contributed by atoms with van der Waals surface area (Å²) in [6.45, 7) is 2.83. The van der Waals surface area contributed by atoms with Gasteiger partial charge in [0.05, 0.1) is 17.5 Å². The van der Waals surface area contributed by atoms with Gasteiger partial charge in [-0.25, -0.2) is 0 Å². The van der Waals surface area contributed by atoms with E-state index in [1.54, 1.807) is 0 Å². The van der Waals surface area contributed by atoms with Crippen LogP contribution in [0.15, 0.2) is 42.9 Å². The van der Waals surface area contributed by atoms with E-state index >= 15 is 0 Å². The Morgan fingerprint density at radius 3 is 2.50 bits per heavy atom.